The van der Waals surface area contributed by atoms with Gasteiger partial charge in [0.25, 0.3) is 0 Å². The number of carbonyl (C=O) groups is 1. The lowest BCUT2D eigenvalue weighted by Crippen LogP contribution is -2.05. The summed E-state index contributed by atoms with van der Waals surface area (Å²) in [5.74, 6) is -0.540. The van der Waals surface area contributed by atoms with Gasteiger partial charge in [0.05, 0.1) is 18.2 Å². The van der Waals surface area contributed by atoms with Gasteiger partial charge >= 0.3 is 12.1 Å². The van der Waals surface area contributed by atoms with Crippen LogP contribution in [0.2, 0.25) is 0 Å². The standard InChI is InChI=1S/C19H17F3N2O2/c1-3-24-15-6-4-5-13(16(15)17(23-24)18(25)26-2)11-12-7-9-14(10-8-12)19(20,21)22/h4-10H,3,11H2,1-2H3. The molecule has 0 aliphatic rings. The van der Waals surface area contributed by atoms with Crippen molar-refractivity contribution in [2.24, 2.45) is 0 Å². The third-order valence-electron chi connectivity index (χ3n) is 4.22. The molecule has 1 heterocycles. The molecule has 0 saturated heterocycles. The Hall–Kier alpha value is -2.83. The lowest BCUT2D eigenvalue weighted by atomic mass is 9.99. The van der Waals surface area contributed by atoms with E-state index < -0.39 is 17.7 Å². The first-order valence-corrected chi connectivity index (χ1v) is 8.08. The van der Waals surface area contributed by atoms with Crippen molar-refractivity contribution in [1.82, 2.24) is 9.78 Å². The Bertz CT molecular complexity index is 944. The minimum atomic E-state index is -4.36. The van der Waals surface area contributed by atoms with Gasteiger partial charge in [0.1, 0.15) is 0 Å². The number of benzene rings is 2. The minimum Gasteiger partial charge on any atom is -0.464 e. The Morgan fingerprint density at radius 1 is 1.15 bits per heavy atom. The molecule has 0 saturated carbocycles. The highest BCUT2D eigenvalue weighted by molar-refractivity contribution is 6.03. The largest absolute Gasteiger partial charge is 0.464 e. The lowest BCUT2D eigenvalue weighted by molar-refractivity contribution is -0.137. The monoisotopic (exact) mass is 362 g/mol. The molecule has 0 unspecified atom stereocenters. The molecule has 0 aliphatic carbocycles. The van der Waals surface area contributed by atoms with E-state index in [-0.39, 0.29) is 5.69 Å². The van der Waals surface area contributed by atoms with Gasteiger partial charge in [0, 0.05) is 11.9 Å². The minimum absolute atomic E-state index is 0.215. The Morgan fingerprint density at radius 2 is 1.85 bits per heavy atom. The summed E-state index contributed by atoms with van der Waals surface area (Å²) < 4.78 is 44.7. The number of fused-ring (bicyclic) bond motifs is 1. The van der Waals surface area contributed by atoms with Crippen molar-refractivity contribution in [3.8, 4) is 0 Å². The van der Waals surface area contributed by atoms with Gasteiger partial charge in [0.2, 0.25) is 0 Å². The highest BCUT2D eigenvalue weighted by atomic mass is 19.4. The lowest BCUT2D eigenvalue weighted by Gasteiger charge is -2.09. The third kappa shape index (κ3) is 3.29. The fourth-order valence-corrected chi connectivity index (χ4v) is 2.96. The number of esters is 1. The normalized spacial score (nSPS) is 11.7. The van der Waals surface area contributed by atoms with Crippen LogP contribution in [0.5, 0.6) is 0 Å². The summed E-state index contributed by atoms with van der Waals surface area (Å²) in [6, 6.07) is 10.6. The van der Waals surface area contributed by atoms with E-state index in [0.717, 1.165) is 23.2 Å². The van der Waals surface area contributed by atoms with Crippen molar-refractivity contribution in [1.29, 1.82) is 0 Å². The third-order valence-corrected chi connectivity index (χ3v) is 4.22. The molecule has 2 aromatic carbocycles. The van der Waals surface area contributed by atoms with Crippen LogP contribution in [-0.2, 0) is 23.9 Å². The maximum atomic E-state index is 12.7. The first kappa shape index (κ1) is 18.0. The second-order valence-electron chi connectivity index (χ2n) is 5.84. The molecule has 0 atom stereocenters. The first-order valence-electron chi connectivity index (χ1n) is 8.08. The smallest absolute Gasteiger partial charge is 0.416 e. The molecule has 1 aromatic heterocycles. The first-order chi connectivity index (χ1) is 12.3. The van der Waals surface area contributed by atoms with Crippen molar-refractivity contribution in [2.45, 2.75) is 26.1 Å². The fourth-order valence-electron chi connectivity index (χ4n) is 2.96. The topological polar surface area (TPSA) is 44.1 Å². The van der Waals surface area contributed by atoms with E-state index in [2.05, 4.69) is 5.10 Å². The predicted octanol–water partition coefficient (Wildman–Crippen LogP) is 4.45. The number of nitrogens with zero attached hydrogens (tertiary/aromatic N) is 2. The van der Waals surface area contributed by atoms with E-state index in [1.807, 2.05) is 25.1 Å². The second-order valence-corrected chi connectivity index (χ2v) is 5.84. The van der Waals surface area contributed by atoms with Crippen LogP contribution >= 0.6 is 0 Å². The number of halogens is 3. The summed E-state index contributed by atoms with van der Waals surface area (Å²) in [6.45, 7) is 2.49. The van der Waals surface area contributed by atoms with Crippen molar-refractivity contribution in [3.05, 3.63) is 64.8 Å². The number of aryl methyl sites for hydroxylation is 1. The summed E-state index contributed by atoms with van der Waals surface area (Å²) in [7, 11) is 1.29. The highest BCUT2D eigenvalue weighted by Crippen LogP contribution is 2.30. The Kier molecular flexibility index (Phi) is 4.71. The number of aromatic nitrogens is 2. The molecular formula is C19H17F3N2O2. The van der Waals surface area contributed by atoms with Gasteiger partial charge in [-0.15, -0.1) is 0 Å². The van der Waals surface area contributed by atoms with E-state index in [9.17, 15) is 18.0 Å². The van der Waals surface area contributed by atoms with E-state index in [0.29, 0.717) is 23.9 Å². The van der Waals surface area contributed by atoms with E-state index in [4.69, 9.17) is 4.74 Å². The second kappa shape index (κ2) is 6.82. The van der Waals surface area contributed by atoms with Crippen LogP contribution in [0, 0.1) is 0 Å². The quantitative estimate of drug-likeness (QED) is 0.644. The Morgan fingerprint density at radius 3 is 2.42 bits per heavy atom. The van der Waals surface area contributed by atoms with Crippen molar-refractivity contribution < 1.29 is 22.7 Å². The molecule has 0 fully saturated rings. The van der Waals surface area contributed by atoms with Crippen LogP contribution in [0.3, 0.4) is 0 Å². The van der Waals surface area contributed by atoms with Gasteiger partial charge in [0.15, 0.2) is 5.69 Å². The van der Waals surface area contributed by atoms with Gasteiger partial charge in [-0.3, -0.25) is 4.68 Å². The van der Waals surface area contributed by atoms with Crippen LogP contribution in [0.15, 0.2) is 42.5 Å². The fraction of sp³-hybridized carbons (Fsp3) is 0.263. The molecule has 0 radical (unpaired) electrons. The molecule has 0 N–H and O–H groups in total. The molecule has 3 aromatic rings. The maximum absolute atomic E-state index is 12.7. The molecule has 7 heteroatoms. The number of rotatable bonds is 4. The van der Waals surface area contributed by atoms with Crippen molar-refractivity contribution in [2.75, 3.05) is 7.11 Å². The van der Waals surface area contributed by atoms with E-state index in [1.165, 1.54) is 19.2 Å². The summed E-state index contributed by atoms with van der Waals surface area (Å²) in [5.41, 5.74) is 1.84. The molecule has 0 amide bonds. The summed E-state index contributed by atoms with van der Waals surface area (Å²) >= 11 is 0. The molecule has 0 bridgehead atoms. The van der Waals surface area contributed by atoms with Crippen molar-refractivity contribution >= 4 is 16.9 Å². The van der Waals surface area contributed by atoms with Crippen LogP contribution in [0.25, 0.3) is 10.9 Å². The number of hydrogen-bond donors (Lipinski definition) is 0. The summed E-state index contributed by atoms with van der Waals surface area (Å²) in [6.07, 6.45) is -3.98. The molecular weight excluding hydrogens is 345 g/mol. The molecule has 4 nitrogen and oxygen atoms in total. The van der Waals surface area contributed by atoms with Gasteiger partial charge in [-0.05, 0) is 42.7 Å². The van der Waals surface area contributed by atoms with Crippen molar-refractivity contribution in [3.63, 3.8) is 0 Å². The van der Waals surface area contributed by atoms with Crippen LogP contribution in [-0.4, -0.2) is 22.9 Å². The maximum Gasteiger partial charge on any atom is 0.416 e. The predicted molar refractivity (Wildman–Crippen MR) is 91.0 cm³/mol. The SMILES string of the molecule is CCn1nc(C(=O)OC)c2c(Cc3ccc(C(F)(F)F)cc3)cccc21. The van der Waals surface area contributed by atoms with Gasteiger partial charge in [-0.25, -0.2) is 4.79 Å². The number of carbonyl (C=O) groups excluding carboxylic acids is 1. The molecule has 26 heavy (non-hydrogen) atoms. The van der Waals surface area contributed by atoms with Crippen LogP contribution in [0.1, 0.15) is 34.1 Å². The van der Waals surface area contributed by atoms with Crippen LogP contribution < -0.4 is 0 Å². The molecule has 3 rings (SSSR count). The Labute approximate surface area is 148 Å². The van der Waals surface area contributed by atoms with Crippen LogP contribution in [0.4, 0.5) is 13.2 Å². The average molecular weight is 362 g/mol. The summed E-state index contributed by atoms with van der Waals surface area (Å²) in [4.78, 5) is 12.1. The number of hydrogen-bond acceptors (Lipinski definition) is 3. The number of methoxy groups -OCH3 is 1. The molecule has 0 spiro atoms. The zero-order valence-electron chi connectivity index (χ0n) is 14.3. The number of ether oxygens (including phenoxy) is 1. The number of alkyl halides is 3. The van der Waals surface area contributed by atoms with E-state index >= 15 is 0 Å². The molecule has 0 aliphatic heterocycles. The Balaban J connectivity index is 2.05. The summed E-state index contributed by atoms with van der Waals surface area (Å²) in [5, 5.41) is 4.99. The van der Waals surface area contributed by atoms with Gasteiger partial charge < -0.3 is 4.74 Å². The highest BCUT2D eigenvalue weighted by Gasteiger charge is 2.30. The van der Waals surface area contributed by atoms with Gasteiger partial charge in [-0.1, -0.05) is 24.3 Å². The zero-order chi connectivity index (χ0) is 18.9. The zero-order valence-corrected chi connectivity index (χ0v) is 14.3. The van der Waals surface area contributed by atoms with Gasteiger partial charge in [-0.2, -0.15) is 18.3 Å². The van der Waals surface area contributed by atoms with E-state index in [1.54, 1.807) is 4.68 Å². The average Bonchev–Trinajstić information content (AvgIpc) is 3.00. The molecule has 136 valence electrons.